The number of ether oxygens (including phenoxy) is 1. The zero-order chi connectivity index (χ0) is 11.8. The highest BCUT2D eigenvalue weighted by Gasteiger charge is 2.08. The molecule has 0 aromatic carbocycles. The van der Waals surface area contributed by atoms with E-state index in [1.807, 2.05) is 26.0 Å². The van der Waals surface area contributed by atoms with Crippen molar-refractivity contribution in [3.05, 3.63) is 30.1 Å². The molecule has 1 unspecified atom stereocenters. The number of nitrogens with one attached hydrogen (secondary N) is 1. The highest BCUT2D eigenvalue weighted by molar-refractivity contribution is 5.69. The SMILES string of the molecule is CCOC(=O)CC(C)NCc1ccncc1. The second kappa shape index (κ2) is 6.95. The van der Waals surface area contributed by atoms with E-state index in [0.717, 1.165) is 12.1 Å². The molecular weight excluding hydrogens is 204 g/mol. The van der Waals surface area contributed by atoms with Crippen LogP contribution in [0.25, 0.3) is 0 Å². The molecule has 0 spiro atoms. The van der Waals surface area contributed by atoms with E-state index in [4.69, 9.17) is 4.74 Å². The van der Waals surface area contributed by atoms with Gasteiger partial charge in [-0.2, -0.15) is 0 Å². The first-order valence-electron chi connectivity index (χ1n) is 5.50. The van der Waals surface area contributed by atoms with Crippen molar-refractivity contribution in [1.82, 2.24) is 10.3 Å². The Bertz CT molecular complexity index is 314. The maximum atomic E-state index is 11.2. The minimum absolute atomic E-state index is 0.118. The third-order valence-corrected chi connectivity index (χ3v) is 2.18. The lowest BCUT2D eigenvalue weighted by Gasteiger charge is -2.12. The van der Waals surface area contributed by atoms with Crippen LogP contribution < -0.4 is 5.32 Å². The maximum absolute atomic E-state index is 11.2. The van der Waals surface area contributed by atoms with E-state index in [0.29, 0.717) is 13.0 Å². The highest BCUT2D eigenvalue weighted by atomic mass is 16.5. The van der Waals surface area contributed by atoms with Crippen LogP contribution in [0.2, 0.25) is 0 Å². The number of pyridine rings is 1. The van der Waals surface area contributed by atoms with E-state index >= 15 is 0 Å². The fraction of sp³-hybridized carbons (Fsp3) is 0.500. The molecule has 0 bridgehead atoms. The molecule has 0 radical (unpaired) electrons. The summed E-state index contributed by atoms with van der Waals surface area (Å²) in [5, 5.41) is 3.26. The summed E-state index contributed by atoms with van der Waals surface area (Å²) in [4.78, 5) is 15.1. The lowest BCUT2D eigenvalue weighted by atomic mass is 10.2. The number of carbonyl (C=O) groups excluding carboxylic acids is 1. The topological polar surface area (TPSA) is 51.2 Å². The van der Waals surface area contributed by atoms with E-state index in [9.17, 15) is 4.79 Å². The van der Waals surface area contributed by atoms with Gasteiger partial charge in [-0.25, -0.2) is 0 Å². The largest absolute Gasteiger partial charge is 0.466 e. The van der Waals surface area contributed by atoms with E-state index in [2.05, 4.69) is 10.3 Å². The summed E-state index contributed by atoms with van der Waals surface area (Å²) in [5.74, 6) is -0.155. The van der Waals surface area contributed by atoms with Gasteiger partial charge in [-0.15, -0.1) is 0 Å². The van der Waals surface area contributed by atoms with Crippen molar-refractivity contribution in [1.29, 1.82) is 0 Å². The highest BCUT2D eigenvalue weighted by Crippen LogP contribution is 1.99. The Morgan fingerprint density at radius 2 is 2.19 bits per heavy atom. The number of hydrogen-bond donors (Lipinski definition) is 1. The van der Waals surface area contributed by atoms with Crippen molar-refractivity contribution in [3.63, 3.8) is 0 Å². The minimum atomic E-state index is -0.155. The first-order valence-corrected chi connectivity index (χ1v) is 5.50. The Kier molecular flexibility index (Phi) is 5.50. The standard InChI is InChI=1S/C12H18N2O2/c1-3-16-12(15)8-10(2)14-9-11-4-6-13-7-5-11/h4-7,10,14H,3,8-9H2,1-2H3. The molecule has 0 aliphatic rings. The van der Waals surface area contributed by atoms with Crippen molar-refractivity contribution >= 4 is 5.97 Å². The third kappa shape index (κ3) is 4.89. The molecule has 0 aliphatic heterocycles. The molecule has 0 fully saturated rings. The maximum Gasteiger partial charge on any atom is 0.307 e. The van der Waals surface area contributed by atoms with Gasteiger partial charge in [0.2, 0.25) is 0 Å². The summed E-state index contributed by atoms with van der Waals surface area (Å²) in [7, 11) is 0. The predicted molar refractivity (Wildman–Crippen MR) is 61.8 cm³/mol. The van der Waals surface area contributed by atoms with Gasteiger partial charge in [-0.1, -0.05) is 0 Å². The molecule has 1 rings (SSSR count). The van der Waals surface area contributed by atoms with Gasteiger partial charge in [0.25, 0.3) is 0 Å². The normalized spacial score (nSPS) is 12.1. The molecule has 1 aromatic heterocycles. The Labute approximate surface area is 96.0 Å². The van der Waals surface area contributed by atoms with Crippen molar-refractivity contribution in [2.45, 2.75) is 32.9 Å². The Balaban J connectivity index is 2.25. The van der Waals surface area contributed by atoms with Crippen LogP contribution in [0.4, 0.5) is 0 Å². The number of esters is 1. The summed E-state index contributed by atoms with van der Waals surface area (Å²) in [6.45, 7) is 4.96. The van der Waals surface area contributed by atoms with Crippen LogP contribution in [-0.4, -0.2) is 23.6 Å². The van der Waals surface area contributed by atoms with E-state index in [1.165, 1.54) is 0 Å². The van der Waals surface area contributed by atoms with Crippen LogP contribution in [0.5, 0.6) is 0 Å². The van der Waals surface area contributed by atoms with Gasteiger partial charge in [0, 0.05) is 25.0 Å². The van der Waals surface area contributed by atoms with E-state index < -0.39 is 0 Å². The van der Waals surface area contributed by atoms with Crippen LogP contribution in [0.3, 0.4) is 0 Å². The van der Waals surface area contributed by atoms with Crippen LogP contribution >= 0.6 is 0 Å². The number of aromatic nitrogens is 1. The minimum Gasteiger partial charge on any atom is -0.466 e. The fourth-order valence-corrected chi connectivity index (χ4v) is 1.33. The molecule has 1 N–H and O–H groups in total. The molecule has 1 atom stereocenters. The summed E-state index contributed by atoms with van der Waals surface area (Å²) < 4.78 is 4.88. The molecule has 4 nitrogen and oxygen atoms in total. The Morgan fingerprint density at radius 1 is 1.50 bits per heavy atom. The van der Waals surface area contributed by atoms with Gasteiger partial charge in [0.1, 0.15) is 0 Å². The van der Waals surface area contributed by atoms with Crippen LogP contribution in [0.1, 0.15) is 25.8 Å². The molecule has 88 valence electrons. The van der Waals surface area contributed by atoms with Crippen molar-refractivity contribution in [2.24, 2.45) is 0 Å². The zero-order valence-corrected chi connectivity index (χ0v) is 9.77. The second-order valence-electron chi connectivity index (χ2n) is 3.65. The zero-order valence-electron chi connectivity index (χ0n) is 9.77. The molecule has 0 saturated carbocycles. The number of carbonyl (C=O) groups is 1. The van der Waals surface area contributed by atoms with Crippen molar-refractivity contribution < 1.29 is 9.53 Å². The molecule has 0 amide bonds. The predicted octanol–water partition coefficient (Wildman–Crippen LogP) is 1.51. The smallest absolute Gasteiger partial charge is 0.307 e. The van der Waals surface area contributed by atoms with E-state index in [-0.39, 0.29) is 12.0 Å². The monoisotopic (exact) mass is 222 g/mol. The Hall–Kier alpha value is -1.42. The summed E-state index contributed by atoms with van der Waals surface area (Å²) in [6.07, 6.45) is 3.92. The van der Waals surface area contributed by atoms with Crippen molar-refractivity contribution in [3.8, 4) is 0 Å². The average molecular weight is 222 g/mol. The quantitative estimate of drug-likeness (QED) is 0.741. The number of nitrogens with zero attached hydrogens (tertiary/aromatic N) is 1. The molecule has 0 aliphatic carbocycles. The lowest BCUT2D eigenvalue weighted by Crippen LogP contribution is -2.28. The van der Waals surface area contributed by atoms with E-state index in [1.54, 1.807) is 12.4 Å². The van der Waals surface area contributed by atoms with Crippen LogP contribution in [0, 0.1) is 0 Å². The van der Waals surface area contributed by atoms with Gasteiger partial charge < -0.3 is 10.1 Å². The second-order valence-corrected chi connectivity index (χ2v) is 3.65. The van der Waals surface area contributed by atoms with Gasteiger partial charge in [0.15, 0.2) is 0 Å². The van der Waals surface area contributed by atoms with Crippen LogP contribution in [0.15, 0.2) is 24.5 Å². The molecule has 4 heteroatoms. The molecule has 16 heavy (non-hydrogen) atoms. The first kappa shape index (κ1) is 12.6. The molecule has 1 aromatic rings. The lowest BCUT2D eigenvalue weighted by molar-refractivity contribution is -0.143. The van der Waals surface area contributed by atoms with Gasteiger partial charge in [-0.05, 0) is 31.5 Å². The molecule has 1 heterocycles. The molecule has 0 saturated heterocycles. The Morgan fingerprint density at radius 3 is 2.81 bits per heavy atom. The summed E-state index contributed by atoms with van der Waals surface area (Å²) in [5.41, 5.74) is 1.16. The molecular formula is C12H18N2O2. The number of rotatable bonds is 6. The van der Waals surface area contributed by atoms with Gasteiger partial charge >= 0.3 is 5.97 Å². The van der Waals surface area contributed by atoms with Gasteiger partial charge in [0.05, 0.1) is 13.0 Å². The third-order valence-electron chi connectivity index (χ3n) is 2.18. The van der Waals surface area contributed by atoms with Crippen molar-refractivity contribution in [2.75, 3.05) is 6.61 Å². The van der Waals surface area contributed by atoms with Crippen LogP contribution in [-0.2, 0) is 16.1 Å². The average Bonchev–Trinajstić information content (AvgIpc) is 2.28. The fourth-order valence-electron chi connectivity index (χ4n) is 1.33. The number of hydrogen-bond acceptors (Lipinski definition) is 4. The summed E-state index contributed by atoms with van der Waals surface area (Å²) >= 11 is 0. The first-order chi connectivity index (χ1) is 7.72. The van der Waals surface area contributed by atoms with Gasteiger partial charge in [-0.3, -0.25) is 9.78 Å². The summed E-state index contributed by atoms with van der Waals surface area (Å²) in [6, 6.07) is 4.01.